The Labute approximate surface area is 189 Å². The number of anilines is 2. The van der Waals surface area contributed by atoms with Crippen molar-refractivity contribution in [1.29, 1.82) is 0 Å². The van der Waals surface area contributed by atoms with E-state index in [2.05, 4.69) is 5.32 Å². The quantitative estimate of drug-likeness (QED) is 0.724. The van der Waals surface area contributed by atoms with Crippen LogP contribution in [0.25, 0.3) is 0 Å². The summed E-state index contributed by atoms with van der Waals surface area (Å²) in [6.45, 7) is 5.55. The highest BCUT2D eigenvalue weighted by Crippen LogP contribution is 2.39. The normalized spacial score (nSPS) is 18.0. The lowest BCUT2D eigenvalue weighted by Gasteiger charge is -2.23. The zero-order valence-electron chi connectivity index (χ0n) is 18.9. The maximum Gasteiger partial charge on any atom is 0.243 e. The number of likely N-dealkylation sites (N-methyl/N-ethyl adjacent to an activating group) is 1. The molecule has 32 heavy (non-hydrogen) atoms. The fourth-order valence-electron chi connectivity index (χ4n) is 4.24. The molecule has 4 rings (SSSR count). The first-order valence-electron chi connectivity index (χ1n) is 10.9. The molecule has 0 spiro atoms. The molecule has 0 unspecified atom stereocenters. The Morgan fingerprint density at radius 3 is 2.50 bits per heavy atom. The zero-order valence-corrected chi connectivity index (χ0v) is 19.7. The van der Waals surface area contributed by atoms with Crippen LogP contribution in [0.5, 0.6) is 0 Å². The van der Waals surface area contributed by atoms with E-state index < -0.39 is 15.9 Å². The molecule has 170 valence electrons. The third-order valence-corrected chi connectivity index (χ3v) is 7.96. The van der Waals surface area contributed by atoms with Crippen molar-refractivity contribution in [3.8, 4) is 0 Å². The van der Waals surface area contributed by atoms with E-state index in [1.165, 1.54) is 13.1 Å². The van der Waals surface area contributed by atoms with E-state index in [-0.39, 0.29) is 29.3 Å². The molecule has 2 amide bonds. The Morgan fingerprint density at radius 2 is 1.84 bits per heavy atom. The molecule has 2 aromatic rings. The van der Waals surface area contributed by atoms with Gasteiger partial charge in [0.1, 0.15) is 0 Å². The van der Waals surface area contributed by atoms with E-state index in [0.717, 1.165) is 39.5 Å². The number of amides is 2. The van der Waals surface area contributed by atoms with Gasteiger partial charge in [0, 0.05) is 30.4 Å². The minimum atomic E-state index is -3.85. The molecular formula is C24H29N3O4S. The number of nitrogens with one attached hydrogen (secondary N) is 1. The molecule has 7 nitrogen and oxygen atoms in total. The summed E-state index contributed by atoms with van der Waals surface area (Å²) in [6.07, 6.45) is 2.48. The second kappa shape index (κ2) is 8.33. The van der Waals surface area contributed by atoms with E-state index in [1.807, 2.05) is 43.9 Å². The summed E-state index contributed by atoms with van der Waals surface area (Å²) < 4.78 is 27.3. The van der Waals surface area contributed by atoms with Crippen LogP contribution in [0.3, 0.4) is 0 Å². The van der Waals surface area contributed by atoms with Crippen molar-refractivity contribution in [3.05, 3.63) is 53.1 Å². The number of rotatable bonds is 6. The van der Waals surface area contributed by atoms with Gasteiger partial charge in [-0.3, -0.25) is 9.59 Å². The van der Waals surface area contributed by atoms with Crippen LogP contribution in [0.4, 0.5) is 11.4 Å². The van der Waals surface area contributed by atoms with Gasteiger partial charge in [0.2, 0.25) is 21.8 Å². The number of hydrogen-bond acceptors (Lipinski definition) is 4. The van der Waals surface area contributed by atoms with Crippen molar-refractivity contribution < 1.29 is 18.0 Å². The van der Waals surface area contributed by atoms with E-state index in [9.17, 15) is 18.0 Å². The van der Waals surface area contributed by atoms with Crippen LogP contribution in [0.2, 0.25) is 0 Å². The number of fused-ring (bicyclic) bond motifs is 1. The van der Waals surface area contributed by atoms with Gasteiger partial charge in [-0.15, -0.1) is 0 Å². The Hall–Kier alpha value is -2.71. The van der Waals surface area contributed by atoms with Gasteiger partial charge < -0.3 is 10.2 Å². The predicted octanol–water partition coefficient (Wildman–Crippen LogP) is 3.25. The summed E-state index contributed by atoms with van der Waals surface area (Å²) in [5.74, 6) is -0.167. The van der Waals surface area contributed by atoms with Crippen molar-refractivity contribution in [3.63, 3.8) is 0 Å². The monoisotopic (exact) mass is 455 g/mol. The summed E-state index contributed by atoms with van der Waals surface area (Å²) >= 11 is 0. The van der Waals surface area contributed by atoms with E-state index in [0.29, 0.717) is 12.1 Å². The lowest BCUT2D eigenvalue weighted by molar-refractivity contribution is -0.120. The van der Waals surface area contributed by atoms with E-state index in [4.69, 9.17) is 0 Å². The first-order chi connectivity index (χ1) is 15.1. The van der Waals surface area contributed by atoms with E-state index in [1.54, 1.807) is 12.1 Å². The molecule has 1 N–H and O–H groups in total. The minimum Gasteiger partial charge on any atom is -0.325 e. The van der Waals surface area contributed by atoms with Crippen LogP contribution in [0, 0.1) is 19.8 Å². The summed E-state index contributed by atoms with van der Waals surface area (Å²) in [6, 6.07) is 10.6. The highest BCUT2D eigenvalue weighted by Gasteiger charge is 2.40. The van der Waals surface area contributed by atoms with Gasteiger partial charge in [0.15, 0.2) is 0 Å². The lowest BCUT2D eigenvalue weighted by atomic mass is 10.1. The van der Waals surface area contributed by atoms with Gasteiger partial charge in [-0.2, -0.15) is 4.31 Å². The van der Waals surface area contributed by atoms with Crippen molar-refractivity contribution >= 4 is 33.2 Å². The molecule has 2 aromatic carbocycles. The van der Waals surface area contributed by atoms with Crippen molar-refractivity contribution in [2.24, 2.45) is 5.92 Å². The van der Waals surface area contributed by atoms with Gasteiger partial charge >= 0.3 is 0 Å². The highest BCUT2D eigenvalue weighted by atomic mass is 32.2. The number of aryl methyl sites for hydroxylation is 2. The minimum absolute atomic E-state index is 0.0114. The first-order valence-corrected chi connectivity index (χ1v) is 12.3. The third-order valence-electron chi connectivity index (χ3n) is 6.16. The van der Waals surface area contributed by atoms with E-state index >= 15 is 0 Å². The fourth-order valence-corrected chi connectivity index (χ4v) is 5.42. The van der Waals surface area contributed by atoms with Crippen LogP contribution >= 0.6 is 0 Å². The zero-order chi connectivity index (χ0) is 23.2. The number of nitrogens with zero attached hydrogens (tertiary/aromatic N) is 2. The second-order valence-corrected chi connectivity index (χ2v) is 11.0. The molecule has 0 saturated heterocycles. The van der Waals surface area contributed by atoms with Crippen LogP contribution in [0.15, 0.2) is 41.3 Å². The molecule has 1 heterocycles. The number of hydrogen-bond donors (Lipinski definition) is 1. The molecule has 1 atom stereocenters. The van der Waals surface area contributed by atoms with Gasteiger partial charge in [0.05, 0.1) is 11.4 Å². The standard InChI is InChI=1S/C24H29N3O4S/c1-15-5-9-21(16(2)11-15)25-23(28)14-26(4)32(30,31)20-8-10-22-19(13-20)12-17(3)27(22)24(29)18-6-7-18/h5,8-11,13,17-18H,6-7,12,14H2,1-4H3,(H,25,28)/t17-/m1/s1. The second-order valence-electron chi connectivity index (χ2n) is 8.95. The molecule has 0 radical (unpaired) electrons. The number of benzene rings is 2. The first kappa shape index (κ1) is 22.5. The summed E-state index contributed by atoms with van der Waals surface area (Å²) in [4.78, 5) is 27.1. The van der Waals surface area contributed by atoms with Crippen molar-refractivity contribution in [2.45, 2.75) is 51.0 Å². The maximum absolute atomic E-state index is 13.1. The molecule has 8 heteroatoms. The molecule has 2 aliphatic rings. The van der Waals surface area contributed by atoms with Crippen LogP contribution in [-0.2, 0) is 26.0 Å². The van der Waals surface area contributed by atoms with Crippen LogP contribution < -0.4 is 10.2 Å². The Balaban J connectivity index is 1.49. The fraction of sp³-hybridized carbons (Fsp3) is 0.417. The Morgan fingerprint density at radius 1 is 1.12 bits per heavy atom. The van der Waals surface area contributed by atoms with Gasteiger partial charge in [0.25, 0.3) is 0 Å². The SMILES string of the molecule is Cc1ccc(NC(=O)CN(C)S(=O)(=O)c2ccc3c(c2)C[C@@H](C)N3C(=O)C2CC2)c(C)c1. The highest BCUT2D eigenvalue weighted by molar-refractivity contribution is 7.89. The summed E-state index contributed by atoms with van der Waals surface area (Å²) in [7, 11) is -2.46. The molecule has 1 fully saturated rings. The largest absolute Gasteiger partial charge is 0.325 e. The molecule has 1 aliphatic heterocycles. The predicted molar refractivity (Wildman–Crippen MR) is 124 cm³/mol. The van der Waals surface area contributed by atoms with Crippen molar-refractivity contribution in [1.82, 2.24) is 4.31 Å². The number of carbonyl (C=O) groups excluding carboxylic acids is 2. The number of sulfonamides is 1. The summed E-state index contributed by atoms with van der Waals surface area (Å²) in [5.41, 5.74) is 4.31. The van der Waals surface area contributed by atoms with Crippen LogP contribution in [-0.4, -0.2) is 44.2 Å². The number of carbonyl (C=O) groups is 2. The average Bonchev–Trinajstić information content (AvgIpc) is 3.51. The average molecular weight is 456 g/mol. The van der Waals surface area contributed by atoms with Gasteiger partial charge in [-0.25, -0.2) is 8.42 Å². The lowest BCUT2D eigenvalue weighted by Crippen LogP contribution is -2.36. The van der Waals surface area contributed by atoms with Crippen LogP contribution in [0.1, 0.15) is 36.5 Å². The Kier molecular flexibility index (Phi) is 5.85. The van der Waals surface area contributed by atoms with Gasteiger partial charge in [-0.05, 0) is 75.4 Å². The molecule has 1 saturated carbocycles. The topological polar surface area (TPSA) is 86.8 Å². The molecule has 1 aliphatic carbocycles. The molecule has 0 aromatic heterocycles. The molecular weight excluding hydrogens is 426 g/mol. The Bertz CT molecular complexity index is 1190. The van der Waals surface area contributed by atoms with Gasteiger partial charge in [-0.1, -0.05) is 17.7 Å². The molecule has 0 bridgehead atoms. The third kappa shape index (κ3) is 4.29. The van der Waals surface area contributed by atoms with Crippen molar-refractivity contribution in [2.75, 3.05) is 23.8 Å². The summed E-state index contributed by atoms with van der Waals surface area (Å²) in [5, 5.41) is 2.78. The smallest absolute Gasteiger partial charge is 0.243 e. The maximum atomic E-state index is 13.1.